The summed E-state index contributed by atoms with van der Waals surface area (Å²) in [6.45, 7) is 1.97. The normalized spacial score (nSPS) is 16.2. The fourth-order valence-electron chi connectivity index (χ4n) is 1.49. The van der Waals surface area contributed by atoms with E-state index < -0.39 is 10.1 Å². The van der Waals surface area contributed by atoms with E-state index >= 15 is 0 Å². The van der Waals surface area contributed by atoms with Crippen molar-refractivity contribution < 1.29 is 22.5 Å². The zero-order valence-electron chi connectivity index (χ0n) is 9.24. The maximum atomic E-state index is 11.9. The molecule has 18 heavy (non-hydrogen) atoms. The Morgan fingerprint density at radius 1 is 1.39 bits per heavy atom. The molecule has 1 fully saturated rings. The Labute approximate surface area is 115 Å². The molecule has 1 saturated heterocycles. The number of halogens is 1. The second kappa shape index (κ2) is 5.98. The molecule has 0 radical (unpaired) electrons. The third-order valence-corrected chi connectivity index (χ3v) is 4.28. The van der Waals surface area contributed by atoms with E-state index in [-0.39, 0.29) is 23.2 Å². The van der Waals surface area contributed by atoms with E-state index in [1.54, 1.807) is 4.90 Å². The van der Waals surface area contributed by atoms with Crippen LogP contribution in [-0.2, 0) is 14.9 Å². The van der Waals surface area contributed by atoms with Gasteiger partial charge in [0.2, 0.25) is 0 Å². The highest BCUT2D eigenvalue weighted by Gasteiger charge is 2.22. The topological polar surface area (TPSA) is 83.9 Å². The van der Waals surface area contributed by atoms with Crippen molar-refractivity contribution in [1.82, 2.24) is 4.90 Å². The summed E-state index contributed by atoms with van der Waals surface area (Å²) >= 11 is 1.01. The molecule has 0 saturated carbocycles. The van der Waals surface area contributed by atoms with Gasteiger partial charge >= 0.3 is 0 Å². The van der Waals surface area contributed by atoms with Crippen molar-refractivity contribution in [3.8, 4) is 0 Å². The van der Waals surface area contributed by atoms with Crippen LogP contribution < -0.4 is 0 Å². The van der Waals surface area contributed by atoms with Gasteiger partial charge in [0, 0.05) is 18.5 Å². The first-order valence-electron chi connectivity index (χ1n) is 4.91. The molecule has 0 spiro atoms. The van der Waals surface area contributed by atoms with Gasteiger partial charge in [-0.25, -0.2) is 0 Å². The van der Waals surface area contributed by atoms with E-state index in [9.17, 15) is 13.2 Å². The van der Waals surface area contributed by atoms with E-state index in [0.717, 1.165) is 11.3 Å². The lowest BCUT2D eigenvalue weighted by molar-refractivity contribution is 0.0306. The van der Waals surface area contributed by atoms with Gasteiger partial charge in [-0.15, -0.1) is 23.7 Å². The monoisotopic (exact) mass is 313 g/mol. The van der Waals surface area contributed by atoms with Crippen LogP contribution in [0.3, 0.4) is 0 Å². The van der Waals surface area contributed by atoms with Crippen LogP contribution in [-0.4, -0.2) is 50.1 Å². The fraction of sp³-hybridized carbons (Fsp3) is 0.444. The molecular weight excluding hydrogens is 302 g/mol. The number of hydrogen-bond donors (Lipinski definition) is 1. The van der Waals surface area contributed by atoms with Crippen molar-refractivity contribution in [3.63, 3.8) is 0 Å². The summed E-state index contributed by atoms with van der Waals surface area (Å²) in [6, 6.07) is 1.19. The molecule has 0 bridgehead atoms. The standard InChI is InChI=1S/C9H11NO5S2.ClH/c11-9(10-1-3-15-4-2-10)8-5-7(6-16-8)17(12,13)14;/h5-6H,1-4H2,(H,12,13,14);1H. The number of carbonyl (C=O) groups is 1. The van der Waals surface area contributed by atoms with Crippen LogP contribution in [0.15, 0.2) is 16.3 Å². The molecule has 1 aromatic rings. The van der Waals surface area contributed by atoms with Gasteiger partial charge in [-0.2, -0.15) is 8.42 Å². The SMILES string of the molecule is Cl.O=C(c1cc(S(=O)(=O)O)cs1)N1CCOCC1. The van der Waals surface area contributed by atoms with Crippen molar-refractivity contribution in [2.75, 3.05) is 26.3 Å². The number of nitrogens with zero attached hydrogens (tertiary/aromatic N) is 1. The first kappa shape index (κ1) is 15.4. The van der Waals surface area contributed by atoms with Crippen LogP contribution in [0, 0.1) is 0 Å². The van der Waals surface area contributed by atoms with Crippen LogP contribution >= 0.6 is 23.7 Å². The lowest BCUT2D eigenvalue weighted by Crippen LogP contribution is -2.40. The molecule has 1 amide bonds. The van der Waals surface area contributed by atoms with Gasteiger partial charge < -0.3 is 9.64 Å². The van der Waals surface area contributed by atoms with Gasteiger partial charge in [0.25, 0.3) is 16.0 Å². The largest absolute Gasteiger partial charge is 0.378 e. The quantitative estimate of drug-likeness (QED) is 0.820. The molecule has 1 aliphatic rings. The highest BCUT2D eigenvalue weighted by atomic mass is 35.5. The number of rotatable bonds is 2. The predicted molar refractivity (Wildman–Crippen MR) is 68.1 cm³/mol. The number of carbonyl (C=O) groups excluding carboxylic acids is 1. The molecule has 0 aromatic carbocycles. The zero-order chi connectivity index (χ0) is 12.5. The zero-order valence-corrected chi connectivity index (χ0v) is 11.7. The Hall–Kier alpha value is -0.670. The molecule has 2 heterocycles. The molecule has 0 aliphatic carbocycles. The minimum absolute atomic E-state index is 0. The molecule has 6 nitrogen and oxygen atoms in total. The average Bonchev–Trinajstić information content (AvgIpc) is 2.78. The number of amides is 1. The molecule has 0 unspecified atom stereocenters. The molecule has 2 rings (SSSR count). The number of thiophene rings is 1. The summed E-state index contributed by atoms with van der Waals surface area (Å²) < 4.78 is 35.7. The lowest BCUT2D eigenvalue weighted by Gasteiger charge is -2.26. The molecule has 9 heteroatoms. The van der Waals surface area contributed by atoms with E-state index in [1.807, 2.05) is 0 Å². The molecule has 1 N–H and O–H groups in total. The van der Waals surface area contributed by atoms with Crippen LogP contribution in [0.4, 0.5) is 0 Å². The van der Waals surface area contributed by atoms with Crippen molar-refractivity contribution in [2.24, 2.45) is 0 Å². The van der Waals surface area contributed by atoms with Gasteiger partial charge in [-0.05, 0) is 6.07 Å². The second-order valence-corrected chi connectivity index (χ2v) is 5.86. The smallest absolute Gasteiger partial charge is 0.295 e. The Kier molecular flexibility index (Phi) is 5.11. The van der Waals surface area contributed by atoms with E-state index in [1.165, 1.54) is 11.4 Å². The van der Waals surface area contributed by atoms with E-state index in [4.69, 9.17) is 9.29 Å². The summed E-state index contributed by atoms with van der Waals surface area (Å²) in [5.41, 5.74) is 0. The maximum Gasteiger partial charge on any atom is 0.295 e. The molecule has 0 atom stereocenters. The minimum atomic E-state index is -4.23. The maximum absolute atomic E-state index is 11.9. The summed E-state index contributed by atoms with van der Waals surface area (Å²) in [5, 5.41) is 1.25. The summed E-state index contributed by atoms with van der Waals surface area (Å²) in [7, 11) is -4.23. The molecule has 1 aliphatic heterocycles. The van der Waals surface area contributed by atoms with Crippen LogP contribution in [0.2, 0.25) is 0 Å². The van der Waals surface area contributed by atoms with Crippen LogP contribution in [0.1, 0.15) is 9.67 Å². The van der Waals surface area contributed by atoms with Crippen molar-refractivity contribution in [3.05, 3.63) is 16.3 Å². The predicted octanol–water partition coefficient (Wildman–Crippen LogP) is 0.889. The van der Waals surface area contributed by atoms with Crippen LogP contribution in [0.25, 0.3) is 0 Å². The number of hydrogen-bond acceptors (Lipinski definition) is 5. The molecule has 1 aromatic heterocycles. The lowest BCUT2D eigenvalue weighted by atomic mass is 10.3. The van der Waals surface area contributed by atoms with Gasteiger partial charge in [0.15, 0.2) is 0 Å². The number of ether oxygens (including phenoxy) is 1. The Bertz CT molecular complexity index is 521. The fourth-order valence-corrected chi connectivity index (χ4v) is 3.20. The average molecular weight is 314 g/mol. The molecule has 102 valence electrons. The van der Waals surface area contributed by atoms with Crippen molar-refractivity contribution >= 4 is 39.8 Å². The highest BCUT2D eigenvalue weighted by molar-refractivity contribution is 7.86. The Balaban J connectivity index is 0.00000162. The minimum Gasteiger partial charge on any atom is -0.378 e. The molecular formula is C9H12ClNO5S2. The van der Waals surface area contributed by atoms with Gasteiger partial charge in [0.05, 0.1) is 18.1 Å². The van der Waals surface area contributed by atoms with Crippen molar-refractivity contribution in [2.45, 2.75) is 4.90 Å². The van der Waals surface area contributed by atoms with E-state index in [2.05, 4.69) is 0 Å². The second-order valence-electron chi connectivity index (χ2n) is 3.53. The summed E-state index contributed by atoms with van der Waals surface area (Å²) in [6.07, 6.45) is 0. The van der Waals surface area contributed by atoms with Gasteiger partial charge in [-0.1, -0.05) is 0 Å². The summed E-state index contributed by atoms with van der Waals surface area (Å²) in [4.78, 5) is 13.6. The highest BCUT2D eigenvalue weighted by Crippen LogP contribution is 2.20. The van der Waals surface area contributed by atoms with Crippen LogP contribution in [0.5, 0.6) is 0 Å². The van der Waals surface area contributed by atoms with Crippen molar-refractivity contribution in [1.29, 1.82) is 0 Å². The third kappa shape index (κ3) is 3.42. The third-order valence-electron chi connectivity index (χ3n) is 2.38. The number of morpholine rings is 1. The Morgan fingerprint density at radius 3 is 2.50 bits per heavy atom. The summed E-state index contributed by atoms with van der Waals surface area (Å²) in [5.74, 6) is -0.229. The van der Waals surface area contributed by atoms with Gasteiger partial charge in [-0.3, -0.25) is 9.35 Å². The van der Waals surface area contributed by atoms with Gasteiger partial charge in [0.1, 0.15) is 4.90 Å². The Morgan fingerprint density at radius 2 is 2.00 bits per heavy atom. The first-order valence-corrected chi connectivity index (χ1v) is 7.23. The first-order chi connectivity index (χ1) is 7.98. The van der Waals surface area contributed by atoms with E-state index in [0.29, 0.717) is 31.2 Å².